The number of fused-ring (bicyclic) bond motifs is 1. The van der Waals surface area contributed by atoms with Gasteiger partial charge in [-0.25, -0.2) is 4.39 Å². The molecule has 1 aliphatic heterocycles. The van der Waals surface area contributed by atoms with E-state index in [2.05, 4.69) is 40.2 Å². The molecule has 0 saturated carbocycles. The van der Waals surface area contributed by atoms with E-state index in [9.17, 15) is 9.18 Å². The van der Waals surface area contributed by atoms with Crippen LogP contribution in [0, 0.1) is 11.7 Å². The van der Waals surface area contributed by atoms with E-state index in [0.29, 0.717) is 25.2 Å². The lowest BCUT2D eigenvalue weighted by molar-refractivity contribution is -0.151. The van der Waals surface area contributed by atoms with E-state index < -0.39 is 0 Å². The molecule has 4 nitrogen and oxygen atoms in total. The lowest BCUT2D eigenvalue weighted by atomic mass is 9.99. The summed E-state index contributed by atoms with van der Waals surface area (Å²) in [5.41, 5.74) is 5.72. The summed E-state index contributed by atoms with van der Waals surface area (Å²) in [5.74, 6) is -0.487. The predicted molar refractivity (Wildman–Crippen MR) is 124 cm³/mol. The summed E-state index contributed by atoms with van der Waals surface area (Å²) >= 11 is 0. The number of benzene rings is 3. The van der Waals surface area contributed by atoms with Crippen LogP contribution < -0.4 is 0 Å². The molecule has 4 aromatic rings. The second-order valence-electron chi connectivity index (χ2n) is 8.50. The van der Waals surface area contributed by atoms with Gasteiger partial charge in [0.15, 0.2) is 0 Å². The molecule has 1 saturated heterocycles. The van der Waals surface area contributed by atoms with Crippen molar-refractivity contribution in [3.8, 4) is 11.3 Å². The Labute approximate surface area is 186 Å². The number of esters is 1. The van der Waals surface area contributed by atoms with E-state index in [0.717, 1.165) is 28.6 Å². The van der Waals surface area contributed by atoms with Gasteiger partial charge in [-0.15, -0.1) is 0 Å². The number of hydrogen-bond acceptors (Lipinski definition) is 3. The van der Waals surface area contributed by atoms with Gasteiger partial charge in [0.05, 0.1) is 13.0 Å². The van der Waals surface area contributed by atoms with Crippen LogP contribution >= 0.6 is 0 Å². The minimum atomic E-state index is -0.247. The van der Waals surface area contributed by atoms with Crippen LogP contribution in [0.2, 0.25) is 0 Å². The molecule has 0 atom stereocenters. The molecular formula is C27H25FN2O2. The molecule has 0 bridgehead atoms. The van der Waals surface area contributed by atoms with Gasteiger partial charge in [0.1, 0.15) is 5.82 Å². The molecule has 1 aliphatic rings. The molecule has 2 heterocycles. The summed E-state index contributed by atoms with van der Waals surface area (Å²) in [6, 6.07) is 24.1. The first kappa shape index (κ1) is 20.5. The topological polar surface area (TPSA) is 45.3 Å². The minimum absolute atomic E-state index is 0.0674. The molecule has 0 aliphatic carbocycles. The van der Waals surface area contributed by atoms with Gasteiger partial charge in [-0.3, -0.25) is 9.69 Å². The number of nitrogens with zero attached hydrogens (tertiary/aromatic N) is 1. The van der Waals surface area contributed by atoms with Crippen LogP contribution in [0.3, 0.4) is 0 Å². The zero-order valence-corrected chi connectivity index (χ0v) is 18.0. The maximum absolute atomic E-state index is 15.0. The maximum Gasteiger partial charge on any atom is 0.311 e. The molecule has 5 heteroatoms. The average molecular weight is 429 g/mol. The Balaban J connectivity index is 1.31. The first-order valence-electron chi connectivity index (χ1n) is 10.8. The van der Waals surface area contributed by atoms with Gasteiger partial charge in [-0.05, 0) is 53.4 Å². The summed E-state index contributed by atoms with van der Waals surface area (Å²) < 4.78 is 19.7. The van der Waals surface area contributed by atoms with Crippen LogP contribution in [0.1, 0.15) is 16.7 Å². The van der Waals surface area contributed by atoms with Crippen molar-refractivity contribution in [3.05, 3.63) is 95.3 Å². The van der Waals surface area contributed by atoms with E-state index in [1.165, 1.54) is 18.2 Å². The van der Waals surface area contributed by atoms with Crippen LogP contribution in [-0.4, -0.2) is 36.1 Å². The monoisotopic (exact) mass is 428 g/mol. The van der Waals surface area contributed by atoms with Gasteiger partial charge < -0.3 is 9.72 Å². The summed E-state index contributed by atoms with van der Waals surface area (Å²) in [7, 11) is 1.41. The fourth-order valence-corrected chi connectivity index (χ4v) is 4.42. The van der Waals surface area contributed by atoms with Crippen molar-refractivity contribution in [1.82, 2.24) is 9.88 Å². The largest absolute Gasteiger partial charge is 0.469 e. The predicted octanol–water partition coefficient (Wildman–Crippen LogP) is 5.17. The van der Waals surface area contributed by atoms with Gasteiger partial charge in [0, 0.05) is 41.8 Å². The number of halogens is 1. The first-order chi connectivity index (χ1) is 15.6. The summed E-state index contributed by atoms with van der Waals surface area (Å²) in [5, 5.41) is 1.08. The SMILES string of the molecule is COC(=O)C1CN(Cc2ccc(-c3cc4cc(Cc5ccccc5)ccc4[nH]3)c(F)c2)C1. The first-order valence-corrected chi connectivity index (χ1v) is 10.8. The van der Waals surface area contributed by atoms with E-state index in [1.54, 1.807) is 6.07 Å². The number of ether oxygens (including phenoxy) is 1. The van der Waals surface area contributed by atoms with Crippen molar-refractivity contribution in [1.29, 1.82) is 0 Å². The Morgan fingerprint density at radius 1 is 1.00 bits per heavy atom. The third-order valence-electron chi connectivity index (χ3n) is 6.16. The molecule has 0 unspecified atom stereocenters. The molecule has 1 aromatic heterocycles. The Morgan fingerprint density at radius 3 is 2.53 bits per heavy atom. The van der Waals surface area contributed by atoms with Gasteiger partial charge in [-0.1, -0.05) is 42.5 Å². The second kappa shape index (κ2) is 8.60. The normalized spacial score (nSPS) is 14.4. The van der Waals surface area contributed by atoms with Crippen molar-refractivity contribution in [2.24, 2.45) is 5.92 Å². The molecule has 162 valence electrons. The van der Waals surface area contributed by atoms with Crippen LogP contribution in [0.15, 0.2) is 72.8 Å². The number of carbonyl (C=O) groups is 1. The minimum Gasteiger partial charge on any atom is -0.469 e. The van der Waals surface area contributed by atoms with Crippen molar-refractivity contribution in [3.63, 3.8) is 0 Å². The van der Waals surface area contributed by atoms with E-state index in [4.69, 9.17) is 4.74 Å². The smallest absolute Gasteiger partial charge is 0.311 e. The number of carbonyl (C=O) groups excluding carboxylic acids is 1. The lowest BCUT2D eigenvalue weighted by Crippen LogP contribution is -2.49. The molecule has 3 aromatic carbocycles. The van der Waals surface area contributed by atoms with E-state index in [-0.39, 0.29) is 17.7 Å². The van der Waals surface area contributed by atoms with Crippen LogP contribution in [0.4, 0.5) is 4.39 Å². The highest BCUT2D eigenvalue weighted by molar-refractivity contribution is 5.86. The number of nitrogens with one attached hydrogen (secondary N) is 1. The van der Waals surface area contributed by atoms with E-state index in [1.807, 2.05) is 36.4 Å². The van der Waals surface area contributed by atoms with Crippen molar-refractivity contribution < 1.29 is 13.9 Å². The third kappa shape index (κ3) is 4.16. The fraction of sp³-hybridized carbons (Fsp3) is 0.222. The molecule has 1 fully saturated rings. The van der Waals surface area contributed by atoms with Crippen molar-refractivity contribution in [2.75, 3.05) is 20.2 Å². The number of rotatable bonds is 6. The zero-order chi connectivity index (χ0) is 22.1. The quantitative estimate of drug-likeness (QED) is 0.431. The summed E-state index contributed by atoms with van der Waals surface area (Å²) in [6.07, 6.45) is 0.869. The molecule has 5 rings (SSSR count). The number of hydrogen-bond donors (Lipinski definition) is 1. The third-order valence-corrected chi connectivity index (χ3v) is 6.16. The molecule has 32 heavy (non-hydrogen) atoms. The van der Waals surface area contributed by atoms with Gasteiger partial charge in [0.2, 0.25) is 0 Å². The molecule has 1 N–H and O–H groups in total. The Hall–Kier alpha value is -3.44. The highest BCUT2D eigenvalue weighted by atomic mass is 19.1. The summed E-state index contributed by atoms with van der Waals surface area (Å²) in [4.78, 5) is 17.0. The van der Waals surface area contributed by atoms with Crippen LogP contribution in [-0.2, 0) is 22.5 Å². The highest BCUT2D eigenvalue weighted by Crippen LogP contribution is 2.29. The Bertz CT molecular complexity index is 1260. The number of aromatic nitrogens is 1. The van der Waals surface area contributed by atoms with Gasteiger partial charge >= 0.3 is 5.97 Å². The van der Waals surface area contributed by atoms with Crippen LogP contribution in [0.25, 0.3) is 22.2 Å². The van der Waals surface area contributed by atoms with Crippen molar-refractivity contribution >= 4 is 16.9 Å². The highest BCUT2D eigenvalue weighted by Gasteiger charge is 2.33. The number of likely N-dealkylation sites (tertiary alicyclic amines) is 1. The molecule has 0 radical (unpaired) electrons. The van der Waals surface area contributed by atoms with E-state index >= 15 is 0 Å². The molecular weight excluding hydrogens is 403 g/mol. The average Bonchev–Trinajstić information content (AvgIpc) is 3.19. The van der Waals surface area contributed by atoms with Crippen LogP contribution in [0.5, 0.6) is 0 Å². The number of methoxy groups -OCH3 is 1. The lowest BCUT2D eigenvalue weighted by Gasteiger charge is -2.37. The Kier molecular flexibility index (Phi) is 5.50. The Morgan fingerprint density at radius 2 is 1.78 bits per heavy atom. The second-order valence-corrected chi connectivity index (χ2v) is 8.50. The molecule has 0 spiro atoms. The number of aromatic amines is 1. The van der Waals surface area contributed by atoms with Gasteiger partial charge in [0.25, 0.3) is 0 Å². The standard InChI is InChI=1S/C27H25FN2O2/c1-32-27(31)22-16-30(17-22)15-20-7-9-23(24(28)13-20)26-14-21-12-19(8-10-25(21)29-26)11-18-5-3-2-4-6-18/h2-10,12-14,22,29H,11,15-17H2,1H3. The van der Waals surface area contributed by atoms with Crippen molar-refractivity contribution in [2.45, 2.75) is 13.0 Å². The number of H-pyrrole nitrogens is 1. The fourth-order valence-electron chi connectivity index (χ4n) is 4.42. The zero-order valence-electron chi connectivity index (χ0n) is 18.0. The maximum atomic E-state index is 15.0. The summed E-state index contributed by atoms with van der Waals surface area (Å²) in [6.45, 7) is 1.94. The molecule has 0 amide bonds. The van der Waals surface area contributed by atoms with Gasteiger partial charge in [-0.2, -0.15) is 0 Å².